The molecule has 132 valence electrons. The lowest BCUT2D eigenvalue weighted by Crippen LogP contribution is -2.45. The number of nitrogens with one attached hydrogen (secondary N) is 2. The number of carbonyl (C=O) groups is 1. The number of piperidine rings is 1. The van der Waals surface area contributed by atoms with E-state index < -0.39 is 0 Å². The Morgan fingerprint density at radius 2 is 1.88 bits per heavy atom. The highest BCUT2D eigenvalue weighted by Gasteiger charge is 2.22. The second-order valence-electron chi connectivity index (χ2n) is 6.15. The average Bonchev–Trinajstić information content (AvgIpc) is 2.67. The fraction of sp³-hybridized carbons (Fsp3) is 0.389. The zero-order valence-electron chi connectivity index (χ0n) is 14.0. The minimum Gasteiger partial charge on any atom is -0.367 e. The monoisotopic (exact) mass is 359 g/mol. The van der Waals surface area contributed by atoms with Crippen LogP contribution in [0.15, 0.2) is 42.7 Å². The van der Waals surface area contributed by atoms with Crippen molar-refractivity contribution in [1.82, 2.24) is 20.2 Å². The number of nitrogens with zero attached hydrogens (tertiary/aromatic N) is 3. The molecule has 1 aliphatic heterocycles. The Bertz CT molecular complexity index is 689. The van der Waals surface area contributed by atoms with Crippen molar-refractivity contribution in [3.63, 3.8) is 0 Å². The summed E-state index contributed by atoms with van der Waals surface area (Å²) in [4.78, 5) is 22.3. The zero-order chi connectivity index (χ0) is 17.5. The van der Waals surface area contributed by atoms with Crippen LogP contribution < -0.4 is 10.6 Å². The van der Waals surface area contributed by atoms with Crippen LogP contribution >= 0.6 is 11.6 Å². The van der Waals surface area contributed by atoms with Crippen molar-refractivity contribution in [1.29, 1.82) is 0 Å². The predicted octanol–water partition coefficient (Wildman–Crippen LogP) is 3.16. The smallest absolute Gasteiger partial charge is 0.317 e. The van der Waals surface area contributed by atoms with Gasteiger partial charge >= 0.3 is 6.03 Å². The SMILES string of the molecule is O=C(NCc1ccccc1)N1CCC(CNc2nccnc2Cl)CC1. The molecule has 0 spiro atoms. The first kappa shape index (κ1) is 17.5. The average molecular weight is 360 g/mol. The van der Waals surface area contributed by atoms with Gasteiger partial charge in [0, 0.05) is 38.6 Å². The van der Waals surface area contributed by atoms with Crippen LogP contribution in [0.3, 0.4) is 0 Å². The fourth-order valence-electron chi connectivity index (χ4n) is 2.91. The summed E-state index contributed by atoms with van der Waals surface area (Å²) in [6.45, 7) is 2.88. The molecule has 1 aromatic heterocycles. The Labute approximate surface area is 152 Å². The normalized spacial score (nSPS) is 15.0. The molecular formula is C18H22ClN5O. The maximum absolute atomic E-state index is 12.3. The lowest BCUT2D eigenvalue weighted by atomic mass is 9.97. The van der Waals surface area contributed by atoms with Crippen molar-refractivity contribution >= 4 is 23.4 Å². The highest BCUT2D eigenvalue weighted by Crippen LogP contribution is 2.20. The number of urea groups is 1. The Morgan fingerprint density at radius 1 is 1.16 bits per heavy atom. The van der Waals surface area contributed by atoms with Gasteiger partial charge in [0.2, 0.25) is 0 Å². The van der Waals surface area contributed by atoms with Gasteiger partial charge in [0.05, 0.1) is 0 Å². The molecule has 0 bridgehead atoms. The molecule has 1 aromatic carbocycles. The number of amides is 2. The van der Waals surface area contributed by atoms with Crippen LogP contribution in [0.25, 0.3) is 0 Å². The van der Waals surface area contributed by atoms with E-state index in [1.54, 1.807) is 12.4 Å². The summed E-state index contributed by atoms with van der Waals surface area (Å²) in [7, 11) is 0. The molecule has 2 N–H and O–H groups in total. The molecule has 2 aromatic rings. The van der Waals surface area contributed by atoms with Crippen LogP contribution in [-0.2, 0) is 6.54 Å². The van der Waals surface area contributed by atoms with Gasteiger partial charge in [0.25, 0.3) is 0 Å². The number of hydrogen-bond acceptors (Lipinski definition) is 4. The second kappa shape index (κ2) is 8.67. The van der Waals surface area contributed by atoms with E-state index in [1.165, 1.54) is 0 Å². The topological polar surface area (TPSA) is 70.2 Å². The lowest BCUT2D eigenvalue weighted by Gasteiger charge is -2.32. The summed E-state index contributed by atoms with van der Waals surface area (Å²) < 4.78 is 0. The lowest BCUT2D eigenvalue weighted by molar-refractivity contribution is 0.172. The standard InChI is InChI=1S/C18H22ClN5O/c19-16-17(21-9-8-20-16)22-12-15-6-10-24(11-7-15)18(25)23-13-14-4-2-1-3-5-14/h1-5,8-9,15H,6-7,10-13H2,(H,21,22)(H,23,25). The van der Waals surface area contributed by atoms with Gasteiger partial charge in [-0.05, 0) is 24.3 Å². The quantitative estimate of drug-likeness (QED) is 0.860. The van der Waals surface area contributed by atoms with E-state index in [-0.39, 0.29) is 6.03 Å². The van der Waals surface area contributed by atoms with Crippen molar-refractivity contribution < 1.29 is 4.79 Å². The van der Waals surface area contributed by atoms with Crippen molar-refractivity contribution in [2.24, 2.45) is 5.92 Å². The molecule has 0 radical (unpaired) electrons. The van der Waals surface area contributed by atoms with Gasteiger partial charge in [-0.2, -0.15) is 0 Å². The van der Waals surface area contributed by atoms with E-state index >= 15 is 0 Å². The summed E-state index contributed by atoms with van der Waals surface area (Å²) in [6.07, 6.45) is 5.11. The highest BCUT2D eigenvalue weighted by atomic mass is 35.5. The number of likely N-dealkylation sites (tertiary alicyclic amines) is 1. The molecule has 2 heterocycles. The Hall–Kier alpha value is -2.34. The number of carbonyl (C=O) groups excluding carboxylic acids is 1. The predicted molar refractivity (Wildman–Crippen MR) is 98.5 cm³/mol. The molecule has 7 heteroatoms. The summed E-state index contributed by atoms with van der Waals surface area (Å²) in [5.41, 5.74) is 1.11. The van der Waals surface area contributed by atoms with Gasteiger partial charge in [-0.15, -0.1) is 0 Å². The van der Waals surface area contributed by atoms with E-state index in [1.807, 2.05) is 35.2 Å². The molecule has 2 amide bonds. The van der Waals surface area contributed by atoms with Crippen LogP contribution in [0.4, 0.5) is 10.6 Å². The molecule has 0 saturated carbocycles. The number of anilines is 1. The fourth-order valence-corrected chi connectivity index (χ4v) is 3.08. The van der Waals surface area contributed by atoms with E-state index in [0.717, 1.165) is 38.0 Å². The summed E-state index contributed by atoms with van der Waals surface area (Å²) >= 11 is 5.99. The molecule has 1 aliphatic rings. The van der Waals surface area contributed by atoms with Gasteiger partial charge in [0.15, 0.2) is 11.0 Å². The van der Waals surface area contributed by atoms with Crippen LogP contribution in [0.5, 0.6) is 0 Å². The number of aromatic nitrogens is 2. The number of benzene rings is 1. The van der Waals surface area contributed by atoms with Crippen LogP contribution in [0, 0.1) is 5.92 Å². The summed E-state index contributed by atoms with van der Waals surface area (Å²) in [5.74, 6) is 1.11. The first-order chi connectivity index (χ1) is 12.2. The first-order valence-corrected chi connectivity index (χ1v) is 8.87. The maximum atomic E-state index is 12.3. The van der Waals surface area contributed by atoms with Gasteiger partial charge in [-0.25, -0.2) is 14.8 Å². The van der Waals surface area contributed by atoms with E-state index in [2.05, 4.69) is 20.6 Å². The minimum absolute atomic E-state index is 0.00670. The van der Waals surface area contributed by atoms with Gasteiger partial charge in [-0.3, -0.25) is 0 Å². The van der Waals surface area contributed by atoms with Crippen molar-refractivity contribution in [3.8, 4) is 0 Å². The maximum Gasteiger partial charge on any atom is 0.317 e. The molecule has 0 unspecified atom stereocenters. The first-order valence-electron chi connectivity index (χ1n) is 8.49. The van der Waals surface area contributed by atoms with Gasteiger partial charge in [-0.1, -0.05) is 41.9 Å². The third-order valence-electron chi connectivity index (χ3n) is 4.40. The van der Waals surface area contributed by atoms with Crippen LogP contribution in [0.2, 0.25) is 5.15 Å². The number of hydrogen-bond donors (Lipinski definition) is 2. The molecule has 1 fully saturated rings. The second-order valence-corrected chi connectivity index (χ2v) is 6.51. The number of rotatable bonds is 5. The molecular weight excluding hydrogens is 338 g/mol. The molecule has 1 saturated heterocycles. The highest BCUT2D eigenvalue weighted by molar-refractivity contribution is 6.31. The van der Waals surface area contributed by atoms with E-state index in [4.69, 9.17) is 11.6 Å². The van der Waals surface area contributed by atoms with Crippen molar-refractivity contribution in [2.45, 2.75) is 19.4 Å². The largest absolute Gasteiger partial charge is 0.367 e. The van der Waals surface area contributed by atoms with Crippen LogP contribution in [0.1, 0.15) is 18.4 Å². The summed E-state index contributed by atoms with van der Waals surface area (Å²) in [5, 5.41) is 6.62. The van der Waals surface area contributed by atoms with Crippen molar-refractivity contribution in [3.05, 3.63) is 53.4 Å². The number of halogens is 1. The van der Waals surface area contributed by atoms with Crippen LogP contribution in [-0.4, -0.2) is 40.5 Å². The zero-order valence-corrected chi connectivity index (χ0v) is 14.7. The summed E-state index contributed by atoms with van der Waals surface area (Å²) in [6, 6.07) is 9.95. The molecule has 0 atom stereocenters. The Balaban J connectivity index is 1.39. The molecule has 6 nitrogen and oxygen atoms in total. The van der Waals surface area contributed by atoms with Crippen molar-refractivity contribution in [2.75, 3.05) is 25.0 Å². The van der Waals surface area contributed by atoms with Gasteiger partial charge < -0.3 is 15.5 Å². The minimum atomic E-state index is 0.00670. The van der Waals surface area contributed by atoms with Gasteiger partial charge in [0.1, 0.15) is 0 Å². The molecule has 25 heavy (non-hydrogen) atoms. The Morgan fingerprint density at radius 3 is 2.60 bits per heavy atom. The van der Waals surface area contributed by atoms with E-state index in [0.29, 0.717) is 23.4 Å². The third-order valence-corrected chi connectivity index (χ3v) is 4.68. The Kier molecular flexibility index (Phi) is 6.06. The molecule has 3 rings (SSSR count). The molecule has 0 aliphatic carbocycles. The third kappa shape index (κ3) is 5.06. The van der Waals surface area contributed by atoms with E-state index in [9.17, 15) is 4.79 Å².